The minimum atomic E-state index is -0.308. The lowest BCUT2D eigenvalue weighted by Crippen LogP contribution is -3.00. The van der Waals surface area contributed by atoms with Gasteiger partial charge in [0.25, 0.3) is 0 Å². The number of halogens is 1. The molecule has 0 aliphatic rings. The first kappa shape index (κ1) is 14.6. The zero-order chi connectivity index (χ0) is 12.1. The van der Waals surface area contributed by atoms with Gasteiger partial charge in [0.2, 0.25) is 0 Å². The van der Waals surface area contributed by atoms with Crippen molar-refractivity contribution in [2.75, 3.05) is 7.11 Å². The van der Waals surface area contributed by atoms with Crippen LogP contribution in [-0.4, -0.2) is 13.1 Å². The largest absolute Gasteiger partial charge is 1.00 e. The van der Waals surface area contributed by atoms with Crippen molar-refractivity contribution >= 4 is 5.97 Å². The third-order valence-corrected chi connectivity index (χ3v) is 2.52. The number of rotatable bonds is 3. The quantitative estimate of drug-likeness (QED) is 0.394. The lowest BCUT2D eigenvalue weighted by Gasteiger charge is -1.99. The molecule has 0 N–H and O–H groups in total. The van der Waals surface area contributed by atoms with Gasteiger partial charge in [-0.1, -0.05) is 30.3 Å². The molecule has 2 rings (SSSR count). The Hall–Kier alpha value is -1.43. The van der Waals surface area contributed by atoms with Gasteiger partial charge in [-0.15, -0.1) is 0 Å². The molecule has 18 heavy (non-hydrogen) atoms. The second kappa shape index (κ2) is 7.10. The molecule has 0 aliphatic carbocycles. The van der Waals surface area contributed by atoms with Crippen LogP contribution in [0.2, 0.25) is 0 Å². The third kappa shape index (κ3) is 3.80. The van der Waals surface area contributed by atoms with Crippen molar-refractivity contribution in [3.8, 4) is 0 Å². The topological polar surface area (TPSA) is 30.2 Å². The van der Waals surface area contributed by atoms with Crippen molar-refractivity contribution in [2.24, 2.45) is 0 Å². The number of aromatic nitrogens is 1. The molecule has 2 aromatic rings. The number of ether oxygens (including phenoxy) is 1. The summed E-state index contributed by atoms with van der Waals surface area (Å²) < 4.78 is 6.66. The normalized spacial score (nSPS) is 9.39. The highest BCUT2D eigenvalue weighted by molar-refractivity contribution is 5.88. The minimum absolute atomic E-state index is 0. The van der Waals surface area contributed by atoms with E-state index < -0.39 is 0 Å². The van der Waals surface area contributed by atoms with E-state index in [4.69, 9.17) is 0 Å². The summed E-state index contributed by atoms with van der Waals surface area (Å²) >= 11 is 0. The Bertz CT molecular complexity index is 497. The maximum atomic E-state index is 11.3. The van der Waals surface area contributed by atoms with Gasteiger partial charge in [0, 0.05) is 17.7 Å². The molecule has 0 spiro atoms. The Morgan fingerprint density at radius 2 is 1.72 bits per heavy atom. The van der Waals surface area contributed by atoms with Crippen LogP contribution in [0.4, 0.5) is 0 Å². The molecule has 0 amide bonds. The average molecular weight is 355 g/mol. The zero-order valence-electron chi connectivity index (χ0n) is 10.0. The van der Waals surface area contributed by atoms with Crippen LogP contribution in [0, 0.1) is 0 Å². The molecule has 0 saturated carbocycles. The highest BCUT2D eigenvalue weighted by Crippen LogP contribution is 2.00. The van der Waals surface area contributed by atoms with E-state index in [2.05, 4.69) is 16.9 Å². The van der Waals surface area contributed by atoms with Crippen LogP contribution in [0.3, 0.4) is 0 Å². The number of nitrogens with zero attached hydrogens (tertiary/aromatic N) is 1. The van der Waals surface area contributed by atoms with E-state index in [1.807, 2.05) is 35.2 Å². The lowest BCUT2D eigenvalue weighted by atomic mass is 10.2. The first-order valence-electron chi connectivity index (χ1n) is 5.41. The van der Waals surface area contributed by atoms with Gasteiger partial charge in [-0.25, -0.2) is 9.36 Å². The standard InChI is InChI=1S/C14H14NO2.HI/c1-17-14(16)13-7-9-15(10-8-13)11-12-5-3-2-4-6-12;/h2-10H,11H2,1H3;1H/q+1;/p-1. The lowest BCUT2D eigenvalue weighted by molar-refractivity contribution is -0.688. The molecule has 0 aliphatic heterocycles. The number of benzene rings is 1. The van der Waals surface area contributed by atoms with Gasteiger partial charge in [-0.3, -0.25) is 0 Å². The van der Waals surface area contributed by atoms with Gasteiger partial charge in [-0.05, 0) is 0 Å². The summed E-state index contributed by atoms with van der Waals surface area (Å²) in [4.78, 5) is 11.3. The molecule has 0 bridgehead atoms. The maximum absolute atomic E-state index is 11.3. The fourth-order valence-corrected chi connectivity index (χ4v) is 1.61. The Labute approximate surface area is 123 Å². The van der Waals surface area contributed by atoms with E-state index in [-0.39, 0.29) is 29.9 Å². The van der Waals surface area contributed by atoms with E-state index in [1.54, 1.807) is 12.1 Å². The van der Waals surface area contributed by atoms with Crippen LogP contribution >= 0.6 is 0 Å². The Morgan fingerprint density at radius 3 is 2.28 bits per heavy atom. The Balaban J connectivity index is 0.00000162. The molecule has 94 valence electrons. The van der Waals surface area contributed by atoms with Crippen molar-refractivity contribution in [2.45, 2.75) is 6.54 Å². The van der Waals surface area contributed by atoms with E-state index in [1.165, 1.54) is 12.7 Å². The number of hydrogen-bond donors (Lipinski definition) is 0. The monoisotopic (exact) mass is 355 g/mol. The molecule has 0 fully saturated rings. The first-order chi connectivity index (χ1) is 8.29. The third-order valence-electron chi connectivity index (χ3n) is 2.52. The van der Waals surface area contributed by atoms with Crippen LogP contribution in [0.5, 0.6) is 0 Å². The molecule has 4 heteroatoms. The molecule has 1 aromatic carbocycles. The molecule has 0 unspecified atom stereocenters. The summed E-state index contributed by atoms with van der Waals surface area (Å²) in [6, 6.07) is 13.7. The number of hydrogen-bond acceptors (Lipinski definition) is 2. The highest BCUT2D eigenvalue weighted by atomic mass is 127. The SMILES string of the molecule is COC(=O)c1cc[n+](Cc2ccccc2)cc1.[I-]. The highest BCUT2D eigenvalue weighted by Gasteiger charge is 2.08. The number of esters is 1. The van der Waals surface area contributed by atoms with Crippen LogP contribution < -0.4 is 28.5 Å². The smallest absolute Gasteiger partial charge is 0.338 e. The molecule has 3 nitrogen and oxygen atoms in total. The van der Waals surface area contributed by atoms with Crippen molar-refractivity contribution < 1.29 is 38.1 Å². The fourth-order valence-electron chi connectivity index (χ4n) is 1.61. The average Bonchev–Trinajstić information content (AvgIpc) is 2.40. The second-order valence-corrected chi connectivity index (χ2v) is 3.74. The zero-order valence-corrected chi connectivity index (χ0v) is 12.2. The summed E-state index contributed by atoms with van der Waals surface area (Å²) in [5.74, 6) is -0.308. The summed E-state index contributed by atoms with van der Waals surface area (Å²) in [7, 11) is 1.38. The Morgan fingerprint density at radius 1 is 1.11 bits per heavy atom. The van der Waals surface area contributed by atoms with Crippen LogP contribution in [0.25, 0.3) is 0 Å². The van der Waals surface area contributed by atoms with Gasteiger partial charge < -0.3 is 28.7 Å². The van der Waals surface area contributed by atoms with E-state index in [0.29, 0.717) is 5.56 Å². The molecule has 1 aromatic heterocycles. The van der Waals surface area contributed by atoms with Gasteiger partial charge in [0.15, 0.2) is 18.9 Å². The van der Waals surface area contributed by atoms with Crippen LogP contribution in [0.1, 0.15) is 15.9 Å². The van der Waals surface area contributed by atoms with E-state index >= 15 is 0 Å². The van der Waals surface area contributed by atoms with Crippen molar-refractivity contribution in [1.82, 2.24) is 0 Å². The predicted molar refractivity (Wildman–Crippen MR) is 63.5 cm³/mol. The predicted octanol–water partition coefficient (Wildman–Crippen LogP) is -1.19. The van der Waals surface area contributed by atoms with Gasteiger partial charge in [0.1, 0.15) is 0 Å². The molecule has 1 heterocycles. The summed E-state index contributed by atoms with van der Waals surface area (Å²) in [6.07, 6.45) is 3.75. The Kier molecular flexibility index (Phi) is 5.77. The van der Waals surface area contributed by atoms with Gasteiger partial charge >= 0.3 is 5.97 Å². The van der Waals surface area contributed by atoms with Crippen LogP contribution in [-0.2, 0) is 11.3 Å². The molecule has 0 radical (unpaired) electrons. The second-order valence-electron chi connectivity index (χ2n) is 3.74. The van der Waals surface area contributed by atoms with E-state index in [0.717, 1.165) is 6.54 Å². The summed E-state index contributed by atoms with van der Waals surface area (Å²) in [5, 5.41) is 0. The van der Waals surface area contributed by atoms with Crippen molar-refractivity contribution in [3.05, 3.63) is 66.0 Å². The fraction of sp³-hybridized carbons (Fsp3) is 0.143. The van der Waals surface area contributed by atoms with Crippen molar-refractivity contribution in [1.29, 1.82) is 0 Å². The molecular weight excluding hydrogens is 341 g/mol. The van der Waals surface area contributed by atoms with E-state index in [9.17, 15) is 4.79 Å². The molecule has 0 saturated heterocycles. The van der Waals surface area contributed by atoms with Crippen molar-refractivity contribution in [3.63, 3.8) is 0 Å². The number of carbonyl (C=O) groups excluding carboxylic acids is 1. The summed E-state index contributed by atoms with van der Waals surface area (Å²) in [5.41, 5.74) is 1.79. The number of carbonyl (C=O) groups is 1. The van der Waals surface area contributed by atoms with Crippen LogP contribution in [0.15, 0.2) is 54.9 Å². The van der Waals surface area contributed by atoms with Gasteiger partial charge in [0.05, 0.1) is 12.7 Å². The molecular formula is C14H14INO2. The first-order valence-corrected chi connectivity index (χ1v) is 5.41. The van der Waals surface area contributed by atoms with Gasteiger partial charge in [-0.2, -0.15) is 0 Å². The number of methoxy groups -OCH3 is 1. The minimum Gasteiger partial charge on any atom is -1.00 e. The molecule has 0 atom stereocenters. The number of pyridine rings is 1. The maximum Gasteiger partial charge on any atom is 0.338 e. The summed E-state index contributed by atoms with van der Waals surface area (Å²) in [6.45, 7) is 0.794.